The summed E-state index contributed by atoms with van der Waals surface area (Å²) in [6.07, 6.45) is 2.31. The summed E-state index contributed by atoms with van der Waals surface area (Å²) in [5, 5.41) is 12.0. The van der Waals surface area contributed by atoms with E-state index in [4.69, 9.17) is 4.98 Å². The van der Waals surface area contributed by atoms with E-state index in [1.807, 2.05) is 19.1 Å². The van der Waals surface area contributed by atoms with E-state index in [0.29, 0.717) is 6.42 Å². The molecule has 0 radical (unpaired) electrons. The maximum absolute atomic E-state index is 11.2. The van der Waals surface area contributed by atoms with Crippen LogP contribution in [0.15, 0.2) is 66.7 Å². The summed E-state index contributed by atoms with van der Waals surface area (Å²) in [5.41, 5.74) is 2.68. The van der Waals surface area contributed by atoms with Crippen molar-refractivity contribution in [2.45, 2.75) is 37.1 Å². The number of hydrogen-bond acceptors (Lipinski definition) is 3. The number of benzene rings is 2. The molecule has 0 saturated heterocycles. The second-order valence-corrected chi connectivity index (χ2v) is 10.2. The molecule has 0 amide bonds. The van der Waals surface area contributed by atoms with Gasteiger partial charge < -0.3 is 0 Å². The third-order valence-electron chi connectivity index (χ3n) is 4.09. The summed E-state index contributed by atoms with van der Waals surface area (Å²) < 4.78 is 2.39. The van der Waals surface area contributed by atoms with Gasteiger partial charge in [0.15, 0.2) is 0 Å². The maximum atomic E-state index is 11.2. The molecular weight excluding hydrogens is 393 g/mol. The van der Waals surface area contributed by atoms with E-state index in [0.717, 1.165) is 33.2 Å². The molecule has 4 heteroatoms. The van der Waals surface area contributed by atoms with Gasteiger partial charge in [-0.25, -0.2) is 0 Å². The van der Waals surface area contributed by atoms with Gasteiger partial charge in [-0.15, -0.1) is 0 Å². The Kier molecular flexibility index (Phi) is 6.08. The van der Waals surface area contributed by atoms with Crippen LogP contribution in [-0.2, 0) is 6.42 Å². The Morgan fingerprint density at radius 2 is 1.88 bits per heavy atom. The van der Waals surface area contributed by atoms with Gasteiger partial charge in [0.1, 0.15) is 0 Å². The topological polar surface area (TPSA) is 33.1 Å². The van der Waals surface area contributed by atoms with Gasteiger partial charge in [0.2, 0.25) is 0 Å². The van der Waals surface area contributed by atoms with E-state index >= 15 is 0 Å². The molecule has 130 valence electrons. The summed E-state index contributed by atoms with van der Waals surface area (Å²) >= 11 is 1.93. The van der Waals surface area contributed by atoms with E-state index < -0.39 is 5.60 Å². The summed E-state index contributed by atoms with van der Waals surface area (Å²) in [7, 11) is 0. The zero-order valence-electron chi connectivity index (χ0n) is 14.4. The van der Waals surface area contributed by atoms with Crippen LogP contribution in [0.25, 0.3) is 10.2 Å². The Bertz CT molecular complexity index is 812. The molecule has 0 bridgehead atoms. The molecule has 0 saturated carbocycles. The Morgan fingerprint density at radius 3 is 2.60 bits per heavy atom. The minimum absolute atomic E-state index is 0.171. The van der Waals surface area contributed by atoms with E-state index in [1.54, 1.807) is 11.3 Å². The molecule has 2 nitrogen and oxygen atoms in total. The molecular formula is C21H23NOSSe. The van der Waals surface area contributed by atoms with Crippen molar-refractivity contribution in [3.63, 3.8) is 0 Å². The van der Waals surface area contributed by atoms with Gasteiger partial charge in [-0.05, 0) is 0 Å². The van der Waals surface area contributed by atoms with E-state index in [2.05, 4.69) is 49.0 Å². The van der Waals surface area contributed by atoms with Crippen molar-refractivity contribution in [2.24, 2.45) is 0 Å². The van der Waals surface area contributed by atoms with Crippen molar-refractivity contribution in [1.82, 2.24) is 4.98 Å². The summed E-state index contributed by atoms with van der Waals surface area (Å²) in [6.45, 7) is 6.02. The fraction of sp³-hybridized carbons (Fsp3) is 0.286. The zero-order chi connectivity index (χ0) is 17.7. The normalized spacial score (nSPS) is 13.7. The van der Waals surface area contributed by atoms with Gasteiger partial charge in [-0.2, -0.15) is 0 Å². The number of thiazole rings is 1. The van der Waals surface area contributed by atoms with Crippen LogP contribution in [0.2, 0.25) is 5.32 Å². The number of fused-ring (bicyclic) bond motifs is 1. The summed E-state index contributed by atoms with van der Waals surface area (Å²) in [4.78, 5) is 4.73. The van der Waals surface area contributed by atoms with Crippen LogP contribution in [0.1, 0.15) is 25.3 Å². The zero-order valence-corrected chi connectivity index (χ0v) is 17.0. The number of nitrogens with zero attached hydrogens (tertiary/aromatic N) is 1. The molecule has 1 aromatic heterocycles. The van der Waals surface area contributed by atoms with Gasteiger partial charge >= 0.3 is 160 Å². The Hall–Kier alpha value is -1.45. The van der Waals surface area contributed by atoms with Crippen LogP contribution in [0.4, 0.5) is 0 Å². The average molecular weight is 416 g/mol. The Labute approximate surface area is 159 Å². The fourth-order valence-corrected chi connectivity index (χ4v) is 6.58. The van der Waals surface area contributed by atoms with E-state index in [-0.39, 0.29) is 15.0 Å². The van der Waals surface area contributed by atoms with Crippen molar-refractivity contribution >= 4 is 40.4 Å². The van der Waals surface area contributed by atoms with Crippen molar-refractivity contribution in [3.8, 4) is 0 Å². The third kappa shape index (κ3) is 5.26. The fourth-order valence-electron chi connectivity index (χ4n) is 2.90. The SMILES string of the molecule is C=C(C)CC(O)(CCc1ccccc1)C[Se]c1nc2ccccc2s1. The second-order valence-electron chi connectivity index (χ2n) is 6.58. The first kappa shape index (κ1) is 18.3. The molecule has 25 heavy (non-hydrogen) atoms. The van der Waals surface area contributed by atoms with Crippen LogP contribution in [0, 0.1) is 0 Å². The molecule has 0 aliphatic heterocycles. The predicted octanol–water partition coefficient (Wildman–Crippen LogP) is 4.37. The first-order chi connectivity index (χ1) is 12.0. The predicted molar refractivity (Wildman–Crippen MR) is 109 cm³/mol. The molecule has 3 rings (SSSR count). The first-order valence-electron chi connectivity index (χ1n) is 8.43. The van der Waals surface area contributed by atoms with Gasteiger partial charge in [0, 0.05) is 0 Å². The molecule has 0 aliphatic carbocycles. The average Bonchev–Trinajstić information content (AvgIpc) is 3.02. The Balaban J connectivity index is 1.67. The summed E-state index contributed by atoms with van der Waals surface area (Å²) in [6, 6.07) is 18.6. The molecule has 1 atom stereocenters. The van der Waals surface area contributed by atoms with Gasteiger partial charge in [0.25, 0.3) is 0 Å². The van der Waals surface area contributed by atoms with Crippen molar-refractivity contribution in [2.75, 3.05) is 0 Å². The second kappa shape index (κ2) is 8.29. The molecule has 0 fully saturated rings. The molecule has 0 aliphatic rings. The number of para-hydroxylation sites is 1. The van der Waals surface area contributed by atoms with Crippen molar-refractivity contribution in [3.05, 3.63) is 72.3 Å². The third-order valence-corrected chi connectivity index (χ3v) is 8.20. The number of hydrogen-bond donors (Lipinski definition) is 1. The quantitative estimate of drug-likeness (QED) is 0.437. The van der Waals surface area contributed by atoms with Crippen LogP contribution >= 0.6 is 11.3 Å². The standard InChI is InChI=1S/C21H23NOSSe/c1-16(2)14-21(23,13-12-17-8-4-3-5-9-17)15-25-20-22-18-10-6-7-11-19(18)24-20/h3-11,23H,1,12-15H2,2H3. The molecule has 1 N–H and O–H groups in total. The van der Waals surface area contributed by atoms with Crippen LogP contribution in [0.5, 0.6) is 0 Å². The molecule has 1 unspecified atom stereocenters. The minimum atomic E-state index is -0.695. The van der Waals surface area contributed by atoms with Crippen molar-refractivity contribution < 1.29 is 5.11 Å². The van der Waals surface area contributed by atoms with Gasteiger partial charge in [0.05, 0.1) is 0 Å². The summed E-state index contributed by atoms with van der Waals surface area (Å²) in [5.74, 6) is 0. The number of aromatic nitrogens is 1. The number of aryl methyl sites for hydroxylation is 1. The van der Waals surface area contributed by atoms with Crippen LogP contribution in [-0.4, -0.2) is 30.6 Å². The molecule has 1 heterocycles. The Morgan fingerprint density at radius 1 is 1.16 bits per heavy atom. The monoisotopic (exact) mass is 417 g/mol. The first-order valence-corrected chi connectivity index (χ1v) is 11.3. The van der Waals surface area contributed by atoms with Gasteiger partial charge in [-0.3, -0.25) is 0 Å². The van der Waals surface area contributed by atoms with E-state index in [1.165, 1.54) is 10.3 Å². The number of aliphatic hydroxyl groups is 1. The molecule has 2 aromatic carbocycles. The van der Waals surface area contributed by atoms with Crippen LogP contribution < -0.4 is 3.91 Å². The van der Waals surface area contributed by atoms with Gasteiger partial charge in [-0.1, -0.05) is 0 Å². The number of rotatable bonds is 8. The van der Waals surface area contributed by atoms with E-state index in [9.17, 15) is 5.11 Å². The van der Waals surface area contributed by atoms with Crippen LogP contribution in [0.3, 0.4) is 0 Å². The molecule has 3 aromatic rings. The molecule has 0 spiro atoms. The van der Waals surface area contributed by atoms with Crippen molar-refractivity contribution in [1.29, 1.82) is 0 Å².